The second-order valence-corrected chi connectivity index (χ2v) is 6.04. The van der Waals surface area contributed by atoms with Crippen molar-refractivity contribution in [1.82, 2.24) is 9.80 Å². The summed E-state index contributed by atoms with van der Waals surface area (Å²) in [5.74, 6) is -0.847. The lowest BCUT2D eigenvalue weighted by Gasteiger charge is -2.36. The van der Waals surface area contributed by atoms with Crippen LogP contribution in [0.4, 0.5) is 0 Å². The van der Waals surface area contributed by atoms with Gasteiger partial charge < -0.3 is 10.0 Å². The van der Waals surface area contributed by atoms with E-state index < -0.39 is 11.4 Å². The van der Waals surface area contributed by atoms with Crippen LogP contribution in [0.1, 0.15) is 33.1 Å². The van der Waals surface area contributed by atoms with Crippen LogP contribution in [-0.4, -0.2) is 59.5 Å². The van der Waals surface area contributed by atoms with Gasteiger partial charge in [-0.25, -0.2) is 0 Å². The highest BCUT2D eigenvalue weighted by molar-refractivity contribution is 5.78. The van der Waals surface area contributed by atoms with Crippen molar-refractivity contribution >= 4 is 11.9 Å². The first-order valence-corrected chi connectivity index (χ1v) is 6.93. The average Bonchev–Trinajstić information content (AvgIpc) is 2.34. The summed E-state index contributed by atoms with van der Waals surface area (Å²) in [6.07, 6.45) is 0.776. The van der Waals surface area contributed by atoms with Crippen LogP contribution < -0.4 is 0 Å². The van der Waals surface area contributed by atoms with Crippen LogP contribution in [0.25, 0.3) is 0 Å². The predicted molar refractivity (Wildman–Crippen MR) is 73.9 cm³/mol. The number of amides is 1. The van der Waals surface area contributed by atoms with Gasteiger partial charge in [0.2, 0.25) is 5.91 Å². The molecule has 1 fully saturated rings. The first kappa shape index (κ1) is 16.4. The summed E-state index contributed by atoms with van der Waals surface area (Å²) >= 11 is 0. The molecule has 0 aromatic rings. The summed E-state index contributed by atoms with van der Waals surface area (Å²) in [5, 5.41) is 17.4. The Bertz CT molecular complexity index is 393. The molecule has 1 heterocycles. The molecule has 1 aliphatic heterocycles. The monoisotopic (exact) mass is 281 g/mol. The van der Waals surface area contributed by atoms with Gasteiger partial charge in [0.1, 0.15) is 0 Å². The summed E-state index contributed by atoms with van der Waals surface area (Å²) in [6, 6.07) is 2.12. The van der Waals surface area contributed by atoms with Gasteiger partial charge in [0, 0.05) is 45.6 Å². The van der Waals surface area contributed by atoms with E-state index in [1.54, 1.807) is 4.90 Å². The van der Waals surface area contributed by atoms with E-state index in [1.165, 1.54) is 0 Å². The van der Waals surface area contributed by atoms with Gasteiger partial charge >= 0.3 is 5.97 Å². The zero-order chi connectivity index (χ0) is 15.2. The Morgan fingerprint density at radius 2 is 1.80 bits per heavy atom. The van der Waals surface area contributed by atoms with Crippen LogP contribution in [0, 0.1) is 16.7 Å². The molecule has 0 radical (unpaired) electrons. The molecule has 112 valence electrons. The molecule has 6 nitrogen and oxygen atoms in total. The minimum absolute atomic E-state index is 0.000867. The molecule has 20 heavy (non-hydrogen) atoms. The average molecular weight is 281 g/mol. The normalized spacial score (nSPS) is 16.8. The van der Waals surface area contributed by atoms with E-state index in [2.05, 4.69) is 11.0 Å². The molecule has 0 saturated carbocycles. The Labute approximate surface area is 120 Å². The van der Waals surface area contributed by atoms with Crippen molar-refractivity contribution in [2.75, 3.05) is 32.7 Å². The Morgan fingerprint density at radius 3 is 2.30 bits per heavy atom. The van der Waals surface area contributed by atoms with Crippen LogP contribution in [0.2, 0.25) is 0 Å². The van der Waals surface area contributed by atoms with E-state index in [0.29, 0.717) is 19.5 Å². The highest BCUT2D eigenvalue weighted by atomic mass is 16.4. The Kier molecular flexibility index (Phi) is 5.96. The van der Waals surface area contributed by atoms with Gasteiger partial charge in [-0.2, -0.15) is 5.26 Å². The maximum absolute atomic E-state index is 12.2. The third-order valence-electron chi connectivity index (χ3n) is 3.52. The van der Waals surface area contributed by atoms with Crippen molar-refractivity contribution < 1.29 is 14.7 Å². The zero-order valence-electron chi connectivity index (χ0n) is 12.3. The fraction of sp³-hybridized carbons (Fsp3) is 0.786. The highest BCUT2D eigenvalue weighted by Gasteiger charge is 2.29. The fourth-order valence-electron chi connectivity index (χ4n) is 2.42. The van der Waals surface area contributed by atoms with Gasteiger partial charge in [-0.3, -0.25) is 14.5 Å². The van der Waals surface area contributed by atoms with Crippen molar-refractivity contribution in [1.29, 1.82) is 5.26 Å². The summed E-state index contributed by atoms with van der Waals surface area (Å²) < 4.78 is 0. The molecule has 0 unspecified atom stereocenters. The lowest BCUT2D eigenvalue weighted by atomic mass is 9.85. The predicted octanol–water partition coefficient (Wildman–Crippen LogP) is 0.935. The molecule has 1 aliphatic rings. The van der Waals surface area contributed by atoms with Crippen molar-refractivity contribution in [3.05, 3.63) is 0 Å². The standard InChI is InChI=1S/C14H23N3O3/c1-14(2,11-13(19)20)10-12(18)17-8-6-16(7-9-17)5-3-4-15/h3,5-11H2,1-2H3,(H,19,20). The fourth-order valence-corrected chi connectivity index (χ4v) is 2.42. The van der Waals surface area contributed by atoms with Gasteiger partial charge in [-0.15, -0.1) is 0 Å². The summed E-state index contributed by atoms with van der Waals surface area (Å²) in [6.45, 7) is 7.26. The van der Waals surface area contributed by atoms with Crippen LogP contribution in [-0.2, 0) is 9.59 Å². The van der Waals surface area contributed by atoms with Gasteiger partial charge in [0.05, 0.1) is 12.5 Å². The molecule has 0 bridgehead atoms. The van der Waals surface area contributed by atoms with E-state index in [4.69, 9.17) is 10.4 Å². The number of piperazine rings is 1. The molecular weight excluding hydrogens is 258 g/mol. The largest absolute Gasteiger partial charge is 0.481 e. The number of aliphatic carboxylic acids is 1. The maximum atomic E-state index is 12.2. The van der Waals surface area contributed by atoms with E-state index >= 15 is 0 Å². The van der Waals surface area contributed by atoms with Crippen LogP contribution in [0.5, 0.6) is 0 Å². The minimum Gasteiger partial charge on any atom is -0.481 e. The summed E-state index contributed by atoms with van der Waals surface area (Å²) in [7, 11) is 0. The number of hydrogen-bond donors (Lipinski definition) is 1. The number of rotatable bonds is 6. The van der Waals surface area contributed by atoms with Crippen LogP contribution in [0.3, 0.4) is 0 Å². The highest BCUT2D eigenvalue weighted by Crippen LogP contribution is 2.26. The molecular formula is C14H23N3O3. The molecule has 0 aliphatic carbocycles. The number of carboxylic acid groups (broad SMARTS) is 1. The Morgan fingerprint density at radius 1 is 1.20 bits per heavy atom. The minimum atomic E-state index is -0.871. The number of hydrogen-bond acceptors (Lipinski definition) is 4. The van der Waals surface area contributed by atoms with Gasteiger partial charge in [0.15, 0.2) is 0 Å². The number of carbonyl (C=O) groups excluding carboxylic acids is 1. The third-order valence-corrected chi connectivity index (χ3v) is 3.52. The third kappa shape index (κ3) is 5.57. The first-order chi connectivity index (χ1) is 9.34. The Balaban J connectivity index is 2.39. The first-order valence-electron chi connectivity index (χ1n) is 6.93. The topological polar surface area (TPSA) is 84.6 Å². The quantitative estimate of drug-likeness (QED) is 0.783. The molecule has 1 N–H and O–H groups in total. The summed E-state index contributed by atoms with van der Waals surface area (Å²) in [4.78, 5) is 26.9. The molecule has 0 atom stereocenters. The zero-order valence-corrected chi connectivity index (χ0v) is 12.3. The lowest BCUT2D eigenvalue weighted by molar-refractivity contribution is -0.141. The number of nitrogens with zero attached hydrogens (tertiary/aromatic N) is 3. The maximum Gasteiger partial charge on any atom is 0.303 e. The SMILES string of the molecule is CC(C)(CC(=O)O)CC(=O)N1CCN(CCC#N)CC1. The molecule has 1 amide bonds. The van der Waals surface area contributed by atoms with Crippen molar-refractivity contribution in [3.63, 3.8) is 0 Å². The lowest BCUT2D eigenvalue weighted by Crippen LogP contribution is -2.49. The molecule has 1 rings (SSSR count). The summed E-state index contributed by atoms with van der Waals surface area (Å²) in [5.41, 5.74) is -0.513. The van der Waals surface area contributed by atoms with Crippen molar-refractivity contribution in [2.24, 2.45) is 5.41 Å². The van der Waals surface area contributed by atoms with E-state index in [0.717, 1.165) is 19.6 Å². The van der Waals surface area contributed by atoms with Gasteiger partial charge in [-0.05, 0) is 5.41 Å². The molecule has 0 aromatic carbocycles. The van der Waals surface area contributed by atoms with Crippen LogP contribution in [0.15, 0.2) is 0 Å². The van der Waals surface area contributed by atoms with E-state index in [-0.39, 0.29) is 18.7 Å². The Hall–Kier alpha value is -1.61. The van der Waals surface area contributed by atoms with Crippen molar-refractivity contribution in [2.45, 2.75) is 33.1 Å². The van der Waals surface area contributed by atoms with Gasteiger partial charge in [0.25, 0.3) is 0 Å². The molecule has 0 aromatic heterocycles. The molecule has 1 saturated heterocycles. The smallest absolute Gasteiger partial charge is 0.303 e. The van der Waals surface area contributed by atoms with E-state index in [9.17, 15) is 9.59 Å². The number of carbonyl (C=O) groups is 2. The molecule has 6 heteroatoms. The van der Waals surface area contributed by atoms with E-state index in [1.807, 2.05) is 13.8 Å². The second-order valence-electron chi connectivity index (χ2n) is 6.04. The number of carboxylic acids is 1. The molecule has 0 spiro atoms. The van der Waals surface area contributed by atoms with Gasteiger partial charge in [-0.1, -0.05) is 13.8 Å². The number of nitriles is 1. The second kappa shape index (κ2) is 7.25. The van der Waals surface area contributed by atoms with Crippen molar-refractivity contribution in [3.8, 4) is 6.07 Å². The van der Waals surface area contributed by atoms with Crippen LogP contribution >= 0.6 is 0 Å².